The first-order valence-corrected chi connectivity index (χ1v) is 31.3. The van der Waals surface area contributed by atoms with Gasteiger partial charge in [0, 0.05) is 33.8 Å². The Labute approximate surface area is 538 Å². The minimum atomic E-state index is -5.80. The zero-order chi connectivity index (χ0) is 72.4. The summed E-state index contributed by atoms with van der Waals surface area (Å²) < 4.78 is 164. The van der Waals surface area contributed by atoms with Gasteiger partial charge in [0.05, 0.1) is 54.0 Å². The van der Waals surface area contributed by atoms with Gasteiger partial charge in [-0.1, -0.05) is 239 Å². The van der Waals surface area contributed by atoms with Crippen LogP contribution in [0.1, 0.15) is 46.9 Å². The number of pyridine rings is 1. The lowest BCUT2D eigenvalue weighted by molar-refractivity contribution is -0.570. The minimum absolute atomic E-state index is 0.0813. The van der Waals surface area contributed by atoms with Gasteiger partial charge in [0.15, 0.2) is 8.07 Å². The largest absolute Gasteiger partial charge is 0.458 e. The molecule has 1 aliphatic heterocycles. The predicted octanol–water partition coefficient (Wildman–Crippen LogP) is 17.5. The fourth-order valence-corrected chi connectivity index (χ4v) is 17.1. The number of benzene rings is 12. The molecule has 0 amide bonds. The van der Waals surface area contributed by atoms with E-state index in [1.807, 2.05) is 175 Å². The van der Waals surface area contributed by atoms with Crippen molar-refractivity contribution in [2.45, 2.75) is 26.2 Å². The number of nitrogens with zero attached hydrogens (tertiary/aromatic N) is 4. The summed E-state index contributed by atoms with van der Waals surface area (Å²) in [6, 6.07) is 51.3. The number of rotatable bonds is 9. The molecule has 0 fully saturated rings. The molecule has 12 aromatic carbocycles. The van der Waals surface area contributed by atoms with Crippen molar-refractivity contribution in [3.63, 3.8) is 0 Å². The van der Waals surface area contributed by atoms with Crippen LogP contribution in [0.4, 0.5) is 0 Å². The van der Waals surface area contributed by atoms with Crippen LogP contribution in [0.25, 0.3) is 116 Å². The molecule has 0 atom stereocenters. The van der Waals surface area contributed by atoms with E-state index in [1.165, 1.54) is 0 Å². The third kappa shape index (κ3) is 8.37. The summed E-state index contributed by atoms with van der Waals surface area (Å²) in [6.45, 7) is 6.49. The first-order chi connectivity index (χ1) is 50.0. The quantitative estimate of drug-likeness (QED) is 0.0626. The fourth-order valence-electron chi connectivity index (χ4n) is 13.3. The third-order valence-electron chi connectivity index (χ3n) is 17.3. The lowest BCUT2D eigenvalue weighted by Crippen LogP contribution is -2.74. The van der Waals surface area contributed by atoms with Crippen molar-refractivity contribution in [2.75, 3.05) is 0 Å². The summed E-state index contributed by atoms with van der Waals surface area (Å²) in [4.78, 5) is 4.91. The number of ether oxygens (including phenoxy) is 1. The number of imidazole rings is 1. The predicted molar refractivity (Wildman–Crippen MR) is 367 cm³/mol. The molecule has 6 nitrogen and oxygen atoms in total. The van der Waals surface area contributed by atoms with Gasteiger partial charge in [0.2, 0.25) is 0 Å². The number of furan rings is 1. The lowest BCUT2D eigenvalue weighted by atomic mass is 9.88. The normalized spacial score (nSPS) is 14.6. The van der Waals surface area contributed by atoms with E-state index in [9.17, 15) is 16.4 Å². The molecular weight excluding hydrogens is 1100 g/mol. The minimum Gasteiger partial charge on any atom is -0.458 e. The molecule has 422 valence electrons. The first-order valence-electron chi connectivity index (χ1n) is 36.8. The molecule has 0 saturated carbocycles. The molecule has 0 saturated heterocycles. The lowest BCUT2D eigenvalue weighted by Gasteiger charge is -2.35. The van der Waals surface area contributed by atoms with E-state index in [4.69, 9.17) is 18.3 Å². The van der Waals surface area contributed by atoms with E-state index >= 15 is 0 Å². The highest BCUT2D eigenvalue weighted by atomic mass is 28.3. The van der Waals surface area contributed by atoms with E-state index in [0.29, 0.717) is 56.2 Å². The number of aromatic nitrogens is 4. The Morgan fingerprint density at radius 3 is 1.75 bits per heavy atom. The Kier molecular flexibility index (Phi) is 8.95. The Morgan fingerprint density at radius 2 is 1.04 bits per heavy atom. The average Bonchev–Trinajstić information content (AvgIpc) is 0.803. The van der Waals surface area contributed by atoms with Crippen molar-refractivity contribution in [1.82, 2.24) is 14.1 Å². The van der Waals surface area contributed by atoms with Gasteiger partial charge in [-0.2, -0.15) is 0 Å². The maximum Gasteiger partial charge on any atom is 0.269 e. The number of para-hydroxylation sites is 3. The maximum absolute atomic E-state index is 10.1. The molecule has 0 N–H and O–H groups in total. The van der Waals surface area contributed by atoms with Crippen LogP contribution >= 0.6 is 0 Å². The summed E-state index contributed by atoms with van der Waals surface area (Å²) in [5.74, 6) is 1.59. The van der Waals surface area contributed by atoms with E-state index in [1.54, 1.807) is 16.7 Å². The topological polar surface area (TPSA) is 49.0 Å². The molecule has 16 aromatic rings. The van der Waals surface area contributed by atoms with Crippen molar-refractivity contribution in [1.29, 1.82) is 0 Å². The molecular formula is C82H58N4O2Si. The molecule has 89 heavy (non-hydrogen) atoms. The molecule has 0 bridgehead atoms. The molecule has 0 unspecified atom stereocenters. The average molecular weight is 1170 g/mol. The summed E-state index contributed by atoms with van der Waals surface area (Å²) in [6.07, 6.45) is 5.66. The van der Waals surface area contributed by atoms with E-state index < -0.39 is 114 Å². The molecule has 4 aromatic heterocycles. The molecule has 7 heteroatoms. The van der Waals surface area contributed by atoms with Gasteiger partial charge in [-0.15, -0.1) is 0 Å². The van der Waals surface area contributed by atoms with Crippen molar-refractivity contribution >= 4 is 83.6 Å². The highest BCUT2D eigenvalue weighted by molar-refractivity contribution is 7.20. The zero-order valence-electron chi connectivity index (χ0n) is 63.2. The standard InChI is InChI=1S/C82H58N4O2Si/c1-82(2,3)55-45-46-83-79(48-55)86-74-39-19-17-35-68(74)69-43-42-58(50-75(69)86)87-57-24-21-23-56(49-57)84-53-85-80-63(54-41-44-78-72(47-54)70-36-18-20-40-77(70)88-78)37-22-38-71(80)66-33-15-13-31-64(66)65-32-14-16-34-67(65)73-51-62(52-76(84)81(73)85)89(59-25-7-4-8-26-59,60-27-9-5-10-28-60)61-29-11-6-12-30-61/h4-52H,1-3H3/i4D,5D,6D,7D,8D,9D,10D,11D,12D,25D,26D,27D,28D,29D,30D. The number of hydrogen-bond acceptors (Lipinski definition) is 3. The summed E-state index contributed by atoms with van der Waals surface area (Å²) in [7, 11) is -5.80. The van der Waals surface area contributed by atoms with Gasteiger partial charge in [-0.05, 0) is 143 Å². The van der Waals surface area contributed by atoms with E-state index in [-0.39, 0.29) is 16.1 Å². The van der Waals surface area contributed by atoms with Crippen LogP contribution in [0, 0.1) is 6.33 Å². The molecule has 1 aliphatic rings. The second-order valence-corrected chi connectivity index (χ2v) is 26.9. The highest BCUT2D eigenvalue weighted by Crippen LogP contribution is 2.46. The van der Waals surface area contributed by atoms with Gasteiger partial charge < -0.3 is 9.15 Å². The smallest absolute Gasteiger partial charge is 0.269 e. The summed E-state index contributed by atoms with van der Waals surface area (Å²) >= 11 is 0. The molecule has 0 radical (unpaired) electrons. The van der Waals surface area contributed by atoms with Crippen molar-refractivity contribution in [2.24, 2.45) is 0 Å². The fraction of sp³-hybridized carbons (Fsp3) is 0.0488. The summed E-state index contributed by atoms with van der Waals surface area (Å²) in [5.41, 5.74) is 11.4. The Hall–Kier alpha value is -11.1. The Balaban J connectivity index is 1.03. The maximum atomic E-state index is 10.1. The molecule has 17 rings (SSSR count). The van der Waals surface area contributed by atoms with Gasteiger partial charge in [0.25, 0.3) is 6.33 Å². The monoisotopic (exact) mass is 1170 g/mol. The Morgan fingerprint density at radius 1 is 0.461 bits per heavy atom. The van der Waals surface area contributed by atoms with Gasteiger partial charge in [-0.25, -0.2) is 4.98 Å². The zero-order valence-corrected chi connectivity index (χ0v) is 49.2. The van der Waals surface area contributed by atoms with Gasteiger partial charge in [-0.3, -0.25) is 13.7 Å². The highest BCUT2D eigenvalue weighted by Gasteiger charge is 2.43. The van der Waals surface area contributed by atoms with Crippen molar-refractivity contribution in [3.05, 3.63) is 309 Å². The van der Waals surface area contributed by atoms with E-state index in [0.717, 1.165) is 71.8 Å². The van der Waals surface area contributed by atoms with Crippen LogP contribution in [0.5, 0.6) is 11.5 Å². The van der Waals surface area contributed by atoms with Crippen LogP contribution in [0.2, 0.25) is 0 Å². The number of hydrogen-bond donors (Lipinski definition) is 0. The Bertz CT molecular complexity index is 6180. The van der Waals surface area contributed by atoms with E-state index in [2.05, 4.69) is 55.9 Å². The SMILES string of the molecule is [2H]c1c([2H])c([2H])c([Si](c2cc3c4c(c2)n(-c2cccc(Oc5ccc6c7ccccc7n(-c7cc(C(C)(C)C)ccn7)c6c5)c2)[c-][n+]4-c2c(-c4ccc5oc6ccccc6c5c4)cccc2-c2ccccc2-c2ccccc2-3)(c2c([2H])c([2H])c([2H])c([2H])c2[2H])c2c([2H])c([2H])c([2H])c([2H])c2[2H])c([2H])c1[2H]. The van der Waals surface area contributed by atoms with Crippen LogP contribution in [-0.4, -0.2) is 22.2 Å². The molecule has 0 spiro atoms. The van der Waals surface area contributed by atoms with Crippen LogP contribution in [-0.2, 0) is 5.41 Å². The third-order valence-corrected chi connectivity index (χ3v) is 21.4. The van der Waals surface area contributed by atoms with Gasteiger partial charge >= 0.3 is 0 Å². The second-order valence-electron chi connectivity index (χ2n) is 23.3. The van der Waals surface area contributed by atoms with Crippen LogP contribution < -0.4 is 30.1 Å². The van der Waals surface area contributed by atoms with Gasteiger partial charge in [0.1, 0.15) is 28.5 Å². The number of fused-ring (bicyclic) bond motifs is 13. The first kappa shape index (κ1) is 38.8. The summed E-state index contributed by atoms with van der Waals surface area (Å²) in [5, 5.41) is 1.81. The van der Waals surface area contributed by atoms with Crippen molar-refractivity contribution < 1.29 is 34.3 Å². The second kappa shape index (κ2) is 20.5. The van der Waals surface area contributed by atoms with Crippen LogP contribution in [0.15, 0.2) is 301 Å². The van der Waals surface area contributed by atoms with Crippen LogP contribution in [0.3, 0.4) is 0 Å². The molecule has 5 heterocycles. The molecule has 0 aliphatic carbocycles. The van der Waals surface area contributed by atoms with Crippen molar-refractivity contribution in [3.8, 4) is 73.2 Å².